The molecule has 0 bridgehead atoms. The van der Waals surface area contributed by atoms with Crippen molar-refractivity contribution in [3.63, 3.8) is 0 Å². The zero-order valence-electron chi connectivity index (χ0n) is 12.6. The fourth-order valence-electron chi connectivity index (χ4n) is 4.11. The summed E-state index contributed by atoms with van der Waals surface area (Å²) >= 11 is 0. The minimum Gasteiger partial charge on any atom is -0.478 e. The number of hydrogen-bond acceptors (Lipinski definition) is 1. The first-order valence-electron chi connectivity index (χ1n) is 8.23. The van der Waals surface area contributed by atoms with E-state index in [4.69, 9.17) is 5.11 Å². The molecule has 2 saturated carbocycles. The second-order valence-corrected chi connectivity index (χ2v) is 6.57. The largest absolute Gasteiger partial charge is 0.478 e. The van der Waals surface area contributed by atoms with Crippen molar-refractivity contribution in [1.29, 1.82) is 0 Å². The molecule has 0 spiro atoms. The fraction of sp³-hybridized carbons (Fsp3) is 0.722. The monoisotopic (exact) mass is 276 g/mol. The van der Waals surface area contributed by atoms with E-state index in [0.29, 0.717) is 5.92 Å². The van der Waals surface area contributed by atoms with Crippen molar-refractivity contribution in [1.82, 2.24) is 0 Å². The van der Waals surface area contributed by atoms with Gasteiger partial charge in [-0.1, -0.05) is 18.2 Å². The highest BCUT2D eigenvalue weighted by molar-refractivity contribution is 5.79. The van der Waals surface area contributed by atoms with E-state index in [1.807, 2.05) is 6.08 Å². The molecule has 0 heterocycles. The SMILES string of the molecule is CC=CC1CCC(C2CCC(C=CC(=O)O)CC2)CC1. The number of carboxylic acids is 1. The molecule has 0 amide bonds. The van der Waals surface area contributed by atoms with Crippen molar-refractivity contribution in [2.75, 3.05) is 0 Å². The molecule has 0 aliphatic heterocycles. The minimum atomic E-state index is -0.811. The molecule has 0 aromatic carbocycles. The number of rotatable bonds is 4. The summed E-state index contributed by atoms with van der Waals surface area (Å²) in [6.07, 6.45) is 18.3. The Morgan fingerprint density at radius 2 is 1.30 bits per heavy atom. The predicted octanol–water partition coefficient (Wildman–Crippen LogP) is 4.82. The van der Waals surface area contributed by atoms with Crippen LogP contribution in [0.4, 0.5) is 0 Å². The summed E-state index contributed by atoms with van der Waals surface area (Å²) in [4.78, 5) is 10.5. The van der Waals surface area contributed by atoms with Crippen LogP contribution in [0.15, 0.2) is 24.3 Å². The number of allylic oxidation sites excluding steroid dienone is 3. The summed E-state index contributed by atoms with van der Waals surface area (Å²) in [6, 6.07) is 0. The van der Waals surface area contributed by atoms with E-state index in [9.17, 15) is 4.79 Å². The Hall–Kier alpha value is -1.05. The van der Waals surface area contributed by atoms with E-state index in [1.54, 1.807) is 0 Å². The molecule has 2 aliphatic carbocycles. The van der Waals surface area contributed by atoms with Crippen LogP contribution in [0, 0.1) is 23.7 Å². The van der Waals surface area contributed by atoms with Crippen LogP contribution in [0.2, 0.25) is 0 Å². The maximum Gasteiger partial charge on any atom is 0.327 e. The average molecular weight is 276 g/mol. The molecule has 1 N–H and O–H groups in total. The molecular formula is C18H28O2. The van der Waals surface area contributed by atoms with Gasteiger partial charge >= 0.3 is 5.97 Å². The van der Waals surface area contributed by atoms with Crippen LogP contribution in [-0.2, 0) is 4.79 Å². The van der Waals surface area contributed by atoms with Crippen molar-refractivity contribution in [2.45, 2.75) is 58.3 Å². The van der Waals surface area contributed by atoms with Gasteiger partial charge in [0.1, 0.15) is 0 Å². The van der Waals surface area contributed by atoms with E-state index < -0.39 is 5.97 Å². The lowest BCUT2D eigenvalue weighted by molar-refractivity contribution is -0.131. The predicted molar refractivity (Wildman–Crippen MR) is 82.5 cm³/mol. The van der Waals surface area contributed by atoms with Gasteiger partial charge in [0.25, 0.3) is 0 Å². The van der Waals surface area contributed by atoms with Crippen LogP contribution >= 0.6 is 0 Å². The number of carboxylic acid groups (broad SMARTS) is 1. The van der Waals surface area contributed by atoms with Crippen molar-refractivity contribution in [3.8, 4) is 0 Å². The Balaban J connectivity index is 1.73. The molecule has 2 aliphatic rings. The lowest BCUT2D eigenvalue weighted by Gasteiger charge is -2.36. The first kappa shape index (κ1) is 15.3. The molecule has 112 valence electrons. The first-order valence-corrected chi connectivity index (χ1v) is 8.23. The third kappa shape index (κ3) is 4.50. The van der Waals surface area contributed by atoms with Gasteiger partial charge in [-0.2, -0.15) is 0 Å². The first-order chi connectivity index (χ1) is 9.69. The molecule has 2 heteroatoms. The summed E-state index contributed by atoms with van der Waals surface area (Å²) in [7, 11) is 0. The third-order valence-corrected chi connectivity index (χ3v) is 5.28. The van der Waals surface area contributed by atoms with Crippen LogP contribution in [0.25, 0.3) is 0 Å². The quantitative estimate of drug-likeness (QED) is 0.590. The molecule has 0 unspecified atom stereocenters. The van der Waals surface area contributed by atoms with Crippen LogP contribution in [0.3, 0.4) is 0 Å². The number of carbonyl (C=O) groups is 1. The Morgan fingerprint density at radius 1 is 0.850 bits per heavy atom. The van der Waals surface area contributed by atoms with E-state index >= 15 is 0 Å². The lowest BCUT2D eigenvalue weighted by atomic mass is 9.69. The summed E-state index contributed by atoms with van der Waals surface area (Å²) in [6.45, 7) is 2.12. The van der Waals surface area contributed by atoms with E-state index in [2.05, 4.69) is 19.1 Å². The highest BCUT2D eigenvalue weighted by atomic mass is 16.4. The van der Waals surface area contributed by atoms with E-state index in [0.717, 1.165) is 17.8 Å². The summed E-state index contributed by atoms with van der Waals surface area (Å²) in [5.41, 5.74) is 0. The van der Waals surface area contributed by atoms with Gasteiger partial charge < -0.3 is 5.11 Å². The summed E-state index contributed by atoms with van der Waals surface area (Å²) < 4.78 is 0. The maximum atomic E-state index is 10.5. The van der Waals surface area contributed by atoms with Gasteiger partial charge in [0.05, 0.1) is 0 Å². The van der Waals surface area contributed by atoms with E-state index in [-0.39, 0.29) is 0 Å². The topological polar surface area (TPSA) is 37.3 Å². The van der Waals surface area contributed by atoms with Gasteiger partial charge in [-0.05, 0) is 82.0 Å². The fourth-order valence-corrected chi connectivity index (χ4v) is 4.11. The zero-order chi connectivity index (χ0) is 14.4. The lowest BCUT2D eigenvalue weighted by Crippen LogP contribution is -2.25. The molecule has 0 atom stereocenters. The van der Waals surface area contributed by atoms with Crippen molar-refractivity contribution >= 4 is 5.97 Å². The van der Waals surface area contributed by atoms with Crippen molar-refractivity contribution < 1.29 is 9.90 Å². The maximum absolute atomic E-state index is 10.5. The average Bonchev–Trinajstić information content (AvgIpc) is 2.47. The van der Waals surface area contributed by atoms with Gasteiger partial charge in [-0.25, -0.2) is 4.79 Å². The summed E-state index contributed by atoms with van der Waals surface area (Å²) in [5.74, 6) is 2.35. The second-order valence-electron chi connectivity index (χ2n) is 6.57. The van der Waals surface area contributed by atoms with Crippen LogP contribution in [0.1, 0.15) is 58.3 Å². The Labute approximate surface area is 123 Å². The zero-order valence-corrected chi connectivity index (χ0v) is 12.6. The van der Waals surface area contributed by atoms with Crippen molar-refractivity contribution in [3.05, 3.63) is 24.3 Å². The molecular weight excluding hydrogens is 248 g/mol. The van der Waals surface area contributed by atoms with Gasteiger partial charge in [-0.3, -0.25) is 0 Å². The van der Waals surface area contributed by atoms with Crippen LogP contribution in [-0.4, -0.2) is 11.1 Å². The molecule has 0 saturated heterocycles. The van der Waals surface area contributed by atoms with Crippen molar-refractivity contribution in [2.24, 2.45) is 23.7 Å². The Kier molecular flexibility index (Phi) is 5.87. The van der Waals surface area contributed by atoms with Crippen LogP contribution < -0.4 is 0 Å². The van der Waals surface area contributed by atoms with Gasteiger partial charge in [-0.15, -0.1) is 0 Å². The molecule has 20 heavy (non-hydrogen) atoms. The van der Waals surface area contributed by atoms with Gasteiger partial charge in [0.2, 0.25) is 0 Å². The minimum absolute atomic E-state index is 0.502. The molecule has 2 nitrogen and oxygen atoms in total. The normalized spacial score (nSPS) is 35.6. The van der Waals surface area contributed by atoms with E-state index in [1.165, 1.54) is 57.4 Å². The Morgan fingerprint density at radius 3 is 1.70 bits per heavy atom. The second kappa shape index (κ2) is 7.66. The van der Waals surface area contributed by atoms with Gasteiger partial charge in [0, 0.05) is 6.08 Å². The smallest absolute Gasteiger partial charge is 0.327 e. The summed E-state index contributed by atoms with van der Waals surface area (Å²) in [5, 5.41) is 8.68. The number of aliphatic carboxylic acids is 1. The third-order valence-electron chi connectivity index (χ3n) is 5.28. The molecule has 0 aromatic rings. The Bertz CT molecular complexity index is 354. The number of hydrogen-bond donors (Lipinski definition) is 1. The molecule has 2 fully saturated rings. The standard InChI is InChI=1S/C18H28O2/c1-2-3-14-4-9-16(10-5-14)17-11-6-15(7-12-17)8-13-18(19)20/h2-3,8,13-17H,4-7,9-12H2,1H3,(H,19,20). The van der Waals surface area contributed by atoms with Gasteiger partial charge in [0.15, 0.2) is 0 Å². The highest BCUT2D eigenvalue weighted by Crippen LogP contribution is 2.41. The highest BCUT2D eigenvalue weighted by Gasteiger charge is 2.29. The molecule has 2 rings (SSSR count). The van der Waals surface area contributed by atoms with Crippen LogP contribution in [0.5, 0.6) is 0 Å². The molecule has 0 radical (unpaired) electrons. The molecule has 0 aromatic heterocycles.